The highest BCUT2D eigenvalue weighted by Crippen LogP contribution is 2.24. The van der Waals surface area contributed by atoms with E-state index in [4.69, 9.17) is 4.52 Å². The molecule has 0 bridgehead atoms. The van der Waals surface area contributed by atoms with E-state index in [0.29, 0.717) is 18.8 Å². The van der Waals surface area contributed by atoms with Crippen LogP contribution < -0.4 is 16.2 Å². The van der Waals surface area contributed by atoms with Crippen LogP contribution in [0.1, 0.15) is 23.1 Å². The molecule has 1 fully saturated rings. The molecule has 2 heterocycles. The molecule has 1 aliphatic heterocycles. The number of rotatable bonds is 4. The van der Waals surface area contributed by atoms with Gasteiger partial charge >= 0.3 is 0 Å². The molecule has 6 heteroatoms. The first-order chi connectivity index (χ1) is 10.2. The number of carbonyl (C=O) groups is 1. The molecule has 3 N–H and O–H groups in total. The second-order valence-electron chi connectivity index (χ2n) is 5.17. The van der Waals surface area contributed by atoms with Gasteiger partial charge in [0.05, 0.1) is 24.2 Å². The molecule has 1 amide bonds. The van der Waals surface area contributed by atoms with Crippen molar-refractivity contribution in [1.82, 2.24) is 21.3 Å². The van der Waals surface area contributed by atoms with Crippen LogP contribution in [0.5, 0.6) is 0 Å². The summed E-state index contributed by atoms with van der Waals surface area (Å²) in [5, 5.41) is 6.70. The summed E-state index contributed by atoms with van der Waals surface area (Å²) in [7, 11) is 0. The van der Waals surface area contributed by atoms with Crippen molar-refractivity contribution in [2.45, 2.75) is 19.5 Å². The summed E-state index contributed by atoms with van der Waals surface area (Å²) in [5.41, 5.74) is 8.12. The van der Waals surface area contributed by atoms with Crippen LogP contribution in [0, 0.1) is 12.8 Å². The van der Waals surface area contributed by atoms with Gasteiger partial charge in [0.2, 0.25) is 5.91 Å². The maximum atomic E-state index is 12.4. The number of aromatic nitrogens is 1. The number of carbonyl (C=O) groups excluding carboxylic acids is 1. The highest BCUT2D eigenvalue weighted by atomic mass is 16.5. The molecule has 1 aromatic heterocycles. The van der Waals surface area contributed by atoms with Gasteiger partial charge in [-0.3, -0.25) is 10.2 Å². The van der Waals surface area contributed by atoms with Crippen LogP contribution in [-0.4, -0.2) is 17.6 Å². The Morgan fingerprint density at radius 3 is 2.95 bits per heavy atom. The van der Waals surface area contributed by atoms with E-state index in [2.05, 4.69) is 21.3 Å². The Labute approximate surface area is 122 Å². The van der Waals surface area contributed by atoms with Crippen molar-refractivity contribution < 1.29 is 9.32 Å². The van der Waals surface area contributed by atoms with Crippen molar-refractivity contribution in [2.75, 3.05) is 6.54 Å². The molecule has 1 aromatic carbocycles. The van der Waals surface area contributed by atoms with Gasteiger partial charge in [0.15, 0.2) is 5.76 Å². The van der Waals surface area contributed by atoms with Crippen LogP contribution in [0.3, 0.4) is 0 Å². The Morgan fingerprint density at radius 2 is 2.24 bits per heavy atom. The number of hydrogen-bond acceptors (Lipinski definition) is 5. The van der Waals surface area contributed by atoms with Crippen LogP contribution in [0.4, 0.5) is 0 Å². The molecule has 0 saturated carbocycles. The van der Waals surface area contributed by atoms with Gasteiger partial charge in [0, 0.05) is 12.6 Å². The lowest BCUT2D eigenvalue weighted by atomic mass is 9.94. The van der Waals surface area contributed by atoms with E-state index in [0.717, 1.165) is 11.3 Å². The molecule has 0 radical (unpaired) electrons. The fourth-order valence-corrected chi connectivity index (χ4v) is 2.52. The third-order valence-electron chi connectivity index (χ3n) is 3.59. The second kappa shape index (κ2) is 6.07. The quantitative estimate of drug-likeness (QED) is 0.783. The van der Waals surface area contributed by atoms with Crippen molar-refractivity contribution in [3.05, 3.63) is 53.4 Å². The predicted molar refractivity (Wildman–Crippen MR) is 76.9 cm³/mol. The van der Waals surface area contributed by atoms with Crippen molar-refractivity contribution in [3.63, 3.8) is 0 Å². The van der Waals surface area contributed by atoms with Crippen LogP contribution >= 0.6 is 0 Å². The monoisotopic (exact) mass is 286 g/mol. The first-order valence-electron chi connectivity index (χ1n) is 6.97. The number of benzene rings is 1. The van der Waals surface area contributed by atoms with E-state index in [1.807, 2.05) is 43.3 Å². The maximum absolute atomic E-state index is 12.4. The van der Waals surface area contributed by atoms with Gasteiger partial charge in [0.25, 0.3) is 0 Å². The molecule has 2 unspecified atom stereocenters. The third kappa shape index (κ3) is 3.12. The van der Waals surface area contributed by atoms with Gasteiger partial charge in [-0.15, -0.1) is 0 Å². The average molecular weight is 286 g/mol. The molecule has 21 heavy (non-hydrogen) atoms. The Morgan fingerprint density at radius 1 is 1.43 bits per heavy atom. The summed E-state index contributed by atoms with van der Waals surface area (Å²) >= 11 is 0. The summed E-state index contributed by atoms with van der Waals surface area (Å²) < 4.78 is 5.09. The lowest BCUT2D eigenvalue weighted by Gasteiger charge is -2.18. The zero-order valence-corrected chi connectivity index (χ0v) is 11.8. The Hall–Kier alpha value is -2.18. The number of nitrogens with one attached hydrogen (secondary N) is 3. The van der Waals surface area contributed by atoms with Gasteiger partial charge in [-0.05, 0) is 12.5 Å². The largest absolute Gasteiger partial charge is 0.359 e. The highest BCUT2D eigenvalue weighted by molar-refractivity contribution is 5.80. The molecule has 1 saturated heterocycles. The predicted octanol–water partition coefficient (Wildman–Crippen LogP) is 1.06. The lowest BCUT2D eigenvalue weighted by molar-refractivity contribution is -0.125. The number of nitrogens with zero attached hydrogens (tertiary/aromatic N) is 1. The minimum atomic E-state index is -0.156. The average Bonchev–Trinajstić information content (AvgIpc) is 3.14. The number of aryl methyl sites for hydroxylation is 1. The van der Waals surface area contributed by atoms with Gasteiger partial charge in [-0.2, -0.15) is 0 Å². The first kappa shape index (κ1) is 13.8. The number of hydrazine groups is 1. The van der Waals surface area contributed by atoms with Crippen LogP contribution in [0.2, 0.25) is 0 Å². The van der Waals surface area contributed by atoms with Crippen LogP contribution in [-0.2, 0) is 11.3 Å². The Balaban J connectivity index is 1.63. The summed E-state index contributed by atoms with van der Waals surface area (Å²) in [5.74, 6) is 0.503. The molecule has 2 aromatic rings. The van der Waals surface area contributed by atoms with Gasteiger partial charge in [0.1, 0.15) is 0 Å². The van der Waals surface area contributed by atoms with Crippen molar-refractivity contribution in [2.24, 2.45) is 5.92 Å². The van der Waals surface area contributed by atoms with Gasteiger partial charge in [-0.25, -0.2) is 5.43 Å². The SMILES string of the molecule is Cc1cc(CNC(=O)C2CNNC2c2ccccc2)on1. The minimum Gasteiger partial charge on any atom is -0.359 e. The van der Waals surface area contributed by atoms with Crippen molar-refractivity contribution in [3.8, 4) is 0 Å². The first-order valence-corrected chi connectivity index (χ1v) is 6.97. The fourth-order valence-electron chi connectivity index (χ4n) is 2.52. The van der Waals surface area contributed by atoms with Crippen LogP contribution in [0.25, 0.3) is 0 Å². The summed E-state index contributed by atoms with van der Waals surface area (Å²) in [6.07, 6.45) is 0. The molecule has 3 rings (SSSR count). The van der Waals surface area contributed by atoms with Crippen molar-refractivity contribution >= 4 is 5.91 Å². The second-order valence-corrected chi connectivity index (χ2v) is 5.17. The third-order valence-corrected chi connectivity index (χ3v) is 3.59. The van der Waals surface area contributed by atoms with E-state index in [-0.39, 0.29) is 17.9 Å². The number of hydrogen-bond donors (Lipinski definition) is 3. The van der Waals surface area contributed by atoms with Crippen LogP contribution in [0.15, 0.2) is 40.9 Å². The standard InChI is InChI=1S/C15H18N4O2/c1-10-7-12(21-19-10)8-16-15(20)13-9-17-18-14(13)11-5-3-2-4-6-11/h2-7,13-14,17-18H,8-9H2,1H3,(H,16,20). The molecular formula is C15H18N4O2. The normalized spacial score (nSPS) is 21.4. The zero-order chi connectivity index (χ0) is 14.7. The van der Waals surface area contributed by atoms with E-state index in [1.165, 1.54) is 0 Å². The Kier molecular flexibility index (Phi) is 3.98. The fraction of sp³-hybridized carbons (Fsp3) is 0.333. The summed E-state index contributed by atoms with van der Waals surface area (Å²) in [6.45, 7) is 2.81. The summed E-state index contributed by atoms with van der Waals surface area (Å²) in [4.78, 5) is 12.4. The van der Waals surface area contributed by atoms with E-state index < -0.39 is 0 Å². The molecule has 110 valence electrons. The molecule has 6 nitrogen and oxygen atoms in total. The van der Waals surface area contributed by atoms with E-state index in [9.17, 15) is 4.79 Å². The molecule has 1 aliphatic rings. The number of amides is 1. The Bertz CT molecular complexity index is 611. The van der Waals surface area contributed by atoms with E-state index in [1.54, 1.807) is 0 Å². The molecule has 0 aliphatic carbocycles. The van der Waals surface area contributed by atoms with E-state index >= 15 is 0 Å². The van der Waals surface area contributed by atoms with Gasteiger partial charge in [-0.1, -0.05) is 35.5 Å². The van der Waals surface area contributed by atoms with Gasteiger partial charge < -0.3 is 9.84 Å². The summed E-state index contributed by atoms with van der Waals surface area (Å²) in [6, 6.07) is 11.7. The molecule has 2 atom stereocenters. The highest BCUT2D eigenvalue weighted by Gasteiger charge is 2.33. The topological polar surface area (TPSA) is 79.2 Å². The van der Waals surface area contributed by atoms with Crippen molar-refractivity contribution in [1.29, 1.82) is 0 Å². The lowest BCUT2D eigenvalue weighted by Crippen LogP contribution is -2.34. The smallest absolute Gasteiger partial charge is 0.226 e. The molecular weight excluding hydrogens is 268 g/mol. The maximum Gasteiger partial charge on any atom is 0.226 e. The zero-order valence-electron chi connectivity index (χ0n) is 11.8. The molecule has 0 spiro atoms. The minimum absolute atomic E-state index is 0.00425.